The van der Waals surface area contributed by atoms with E-state index in [-0.39, 0.29) is 35.5 Å². The smallest absolute Gasteiger partial charge is 0.201 e. The summed E-state index contributed by atoms with van der Waals surface area (Å²) in [6.07, 6.45) is 4.74. The standard InChI is InChI=1S/C29H41F3O2/c1-9-11-23-15-24-14-19(5)28(34-29(24)27(32)26(23)31)25(30)21(7)20(6)16-33-22(8)18(4)13-12-17(3)10-2/h15,17-18,20,22H,5,7,9-14,16H2,1-4,6,8H3/b28-25-. The lowest BCUT2D eigenvalue weighted by Crippen LogP contribution is -2.23. The first-order chi connectivity index (χ1) is 16.0. The summed E-state index contributed by atoms with van der Waals surface area (Å²) in [5.74, 6) is -2.39. The first-order valence-electron chi connectivity index (χ1n) is 12.6. The molecule has 1 aliphatic rings. The average Bonchev–Trinajstić information content (AvgIpc) is 2.82. The third-order valence-corrected chi connectivity index (χ3v) is 7.06. The minimum atomic E-state index is -1.08. The quantitative estimate of drug-likeness (QED) is 0.299. The zero-order chi connectivity index (χ0) is 25.6. The van der Waals surface area contributed by atoms with Crippen LogP contribution in [0, 0.1) is 29.4 Å². The number of hydrogen-bond acceptors (Lipinski definition) is 2. The Hall–Kier alpha value is -2.01. The van der Waals surface area contributed by atoms with Gasteiger partial charge in [0.1, 0.15) is 0 Å². The van der Waals surface area contributed by atoms with Crippen molar-refractivity contribution in [2.24, 2.45) is 17.8 Å². The largest absolute Gasteiger partial charge is 0.450 e. The van der Waals surface area contributed by atoms with Gasteiger partial charge in [-0.1, -0.05) is 67.0 Å². The zero-order valence-corrected chi connectivity index (χ0v) is 21.7. The number of rotatable bonds is 12. The Balaban J connectivity index is 2.09. The van der Waals surface area contributed by atoms with E-state index in [4.69, 9.17) is 9.47 Å². The highest BCUT2D eigenvalue weighted by molar-refractivity contribution is 5.51. The molecule has 0 saturated heterocycles. The molecule has 0 radical (unpaired) electrons. The van der Waals surface area contributed by atoms with Gasteiger partial charge in [-0.3, -0.25) is 0 Å². The minimum Gasteiger partial charge on any atom is -0.450 e. The second-order valence-electron chi connectivity index (χ2n) is 9.96. The van der Waals surface area contributed by atoms with Crippen LogP contribution in [0.2, 0.25) is 0 Å². The lowest BCUT2D eigenvalue weighted by atomic mass is 9.93. The number of allylic oxidation sites excluding steroid dienone is 2. The SMILES string of the molecule is C=C1Cc2cc(CCC)c(F)c(F)c2O/C1=C(\F)C(=C)C(C)COC(C)C(C)CCC(C)CC. The molecule has 0 aromatic heterocycles. The van der Waals surface area contributed by atoms with E-state index in [1.807, 2.05) is 20.8 Å². The summed E-state index contributed by atoms with van der Waals surface area (Å²) in [6, 6.07) is 1.59. The Morgan fingerprint density at radius 1 is 1.12 bits per heavy atom. The molecule has 0 saturated carbocycles. The molecule has 1 aromatic carbocycles. The van der Waals surface area contributed by atoms with Crippen LogP contribution in [-0.4, -0.2) is 12.7 Å². The molecule has 190 valence electrons. The number of aryl methyl sites for hydroxylation is 1. The highest BCUT2D eigenvalue weighted by Gasteiger charge is 2.30. The van der Waals surface area contributed by atoms with Crippen molar-refractivity contribution in [2.75, 3.05) is 6.61 Å². The van der Waals surface area contributed by atoms with Gasteiger partial charge >= 0.3 is 0 Å². The number of benzene rings is 1. The van der Waals surface area contributed by atoms with Gasteiger partial charge in [0.2, 0.25) is 5.82 Å². The van der Waals surface area contributed by atoms with Crippen molar-refractivity contribution in [2.45, 2.75) is 86.2 Å². The molecule has 0 spiro atoms. The summed E-state index contributed by atoms with van der Waals surface area (Å²) in [7, 11) is 0. The van der Waals surface area contributed by atoms with E-state index < -0.39 is 17.5 Å². The Bertz CT molecular complexity index is 918. The highest BCUT2D eigenvalue weighted by atomic mass is 19.2. The molecular weight excluding hydrogens is 437 g/mol. The summed E-state index contributed by atoms with van der Waals surface area (Å²) in [5, 5.41) is 0. The maximum absolute atomic E-state index is 15.4. The van der Waals surface area contributed by atoms with Gasteiger partial charge in [-0.25, -0.2) is 8.78 Å². The zero-order valence-electron chi connectivity index (χ0n) is 21.7. The van der Waals surface area contributed by atoms with Crippen LogP contribution in [0.3, 0.4) is 0 Å². The number of halogens is 3. The van der Waals surface area contributed by atoms with Crippen molar-refractivity contribution in [1.82, 2.24) is 0 Å². The minimum absolute atomic E-state index is 0.0391. The lowest BCUT2D eigenvalue weighted by molar-refractivity contribution is 0.0140. The van der Waals surface area contributed by atoms with E-state index in [0.29, 0.717) is 48.0 Å². The Morgan fingerprint density at radius 2 is 1.79 bits per heavy atom. The summed E-state index contributed by atoms with van der Waals surface area (Å²) >= 11 is 0. The van der Waals surface area contributed by atoms with E-state index in [9.17, 15) is 8.78 Å². The maximum atomic E-state index is 15.4. The molecule has 0 fully saturated rings. The molecule has 1 aliphatic heterocycles. The average molecular weight is 479 g/mol. The number of ether oxygens (including phenoxy) is 2. The molecule has 1 aromatic rings. The fraction of sp³-hybridized carbons (Fsp3) is 0.586. The van der Waals surface area contributed by atoms with Crippen LogP contribution >= 0.6 is 0 Å². The first-order valence-corrected chi connectivity index (χ1v) is 12.6. The second-order valence-corrected chi connectivity index (χ2v) is 9.96. The summed E-state index contributed by atoms with van der Waals surface area (Å²) < 4.78 is 56.0. The fourth-order valence-electron chi connectivity index (χ4n) is 4.01. The van der Waals surface area contributed by atoms with Crippen LogP contribution in [0.1, 0.15) is 78.4 Å². The lowest BCUT2D eigenvalue weighted by Gasteiger charge is -2.26. The molecule has 0 amide bonds. The van der Waals surface area contributed by atoms with Crippen molar-refractivity contribution in [1.29, 1.82) is 0 Å². The van der Waals surface area contributed by atoms with Gasteiger partial charge in [0.15, 0.2) is 23.2 Å². The van der Waals surface area contributed by atoms with E-state index in [0.717, 1.165) is 12.8 Å². The van der Waals surface area contributed by atoms with E-state index in [1.54, 1.807) is 6.07 Å². The molecule has 5 heteroatoms. The van der Waals surface area contributed by atoms with Crippen molar-refractivity contribution in [3.8, 4) is 5.75 Å². The molecule has 2 rings (SSSR count). The molecule has 34 heavy (non-hydrogen) atoms. The van der Waals surface area contributed by atoms with E-state index >= 15 is 4.39 Å². The van der Waals surface area contributed by atoms with Crippen LogP contribution in [0.5, 0.6) is 5.75 Å². The first kappa shape index (κ1) is 28.2. The second kappa shape index (κ2) is 12.6. The topological polar surface area (TPSA) is 18.5 Å². The van der Waals surface area contributed by atoms with Gasteiger partial charge in [-0.05, 0) is 54.4 Å². The van der Waals surface area contributed by atoms with Gasteiger partial charge < -0.3 is 9.47 Å². The molecule has 2 nitrogen and oxygen atoms in total. The van der Waals surface area contributed by atoms with Crippen molar-refractivity contribution >= 4 is 0 Å². The van der Waals surface area contributed by atoms with Gasteiger partial charge in [0.25, 0.3) is 0 Å². The molecule has 0 N–H and O–H groups in total. The van der Waals surface area contributed by atoms with Gasteiger partial charge in [0.05, 0.1) is 12.7 Å². The Kier molecular flexibility index (Phi) is 10.5. The van der Waals surface area contributed by atoms with E-state index in [2.05, 4.69) is 33.9 Å². The van der Waals surface area contributed by atoms with Gasteiger partial charge in [-0.15, -0.1) is 0 Å². The number of fused-ring (bicyclic) bond motifs is 1. The monoisotopic (exact) mass is 478 g/mol. The van der Waals surface area contributed by atoms with Gasteiger partial charge in [-0.2, -0.15) is 4.39 Å². The highest BCUT2D eigenvalue weighted by Crippen LogP contribution is 2.40. The predicted octanol–water partition coefficient (Wildman–Crippen LogP) is 8.65. The van der Waals surface area contributed by atoms with Crippen LogP contribution in [0.25, 0.3) is 0 Å². The van der Waals surface area contributed by atoms with Crippen LogP contribution < -0.4 is 4.74 Å². The molecule has 0 aliphatic carbocycles. The third-order valence-electron chi connectivity index (χ3n) is 7.06. The molecule has 0 bridgehead atoms. The molecule has 4 atom stereocenters. The van der Waals surface area contributed by atoms with Crippen LogP contribution in [-0.2, 0) is 17.6 Å². The number of hydrogen-bond donors (Lipinski definition) is 0. The summed E-state index contributed by atoms with van der Waals surface area (Å²) in [5.41, 5.74) is 1.35. The van der Waals surface area contributed by atoms with E-state index in [1.165, 1.54) is 6.42 Å². The van der Waals surface area contributed by atoms with Crippen LogP contribution in [0.4, 0.5) is 13.2 Å². The molecular formula is C29H41F3O2. The normalized spacial score (nSPS) is 18.6. The molecule has 4 unspecified atom stereocenters. The van der Waals surface area contributed by atoms with Crippen molar-refractivity contribution in [3.05, 3.63) is 64.7 Å². The summed E-state index contributed by atoms with van der Waals surface area (Å²) in [4.78, 5) is 0. The fourth-order valence-corrected chi connectivity index (χ4v) is 4.01. The van der Waals surface area contributed by atoms with Crippen molar-refractivity contribution < 1.29 is 22.6 Å². The summed E-state index contributed by atoms with van der Waals surface area (Å²) in [6.45, 7) is 20.5. The predicted molar refractivity (Wildman–Crippen MR) is 134 cm³/mol. The van der Waals surface area contributed by atoms with Gasteiger partial charge in [0, 0.05) is 17.9 Å². The molecule has 1 heterocycles. The maximum Gasteiger partial charge on any atom is 0.201 e. The third kappa shape index (κ3) is 6.78. The van der Waals surface area contributed by atoms with Crippen LogP contribution in [0.15, 0.2) is 42.0 Å². The Labute approximate surface area is 203 Å². The van der Waals surface area contributed by atoms with Crippen molar-refractivity contribution in [3.63, 3.8) is 0 Å². The Morgan fingerprint density at radius 3 is 2.41 bits per heavy atom.